The standard InChI is InChI=1S/C43H59NO13.C26H33NO10.CH4O2/c1-25(2)20-49-50-24-31-18-37(41(56-52-22-27(5)6)43(57-53-23-28(7)8)39(31)55-51-21-26(3)4)54-32-14-15-33-34(19-32)35(44-29(9)45)16-13-30-17-36(46-10)40(47-11)42(48-12)38(30)33;1-12(29)27-17-8-5-13-9-18(33-2)24(34-3)25(35-4)20(13)15-7-6-14(10-16(15)17)36-26-23(32)22(31)21(30)19(11-28)37-26;1-3-2/h14-15,17,19-23,31,35,37,39,41,43H,13,16,18,24H2,1-12H3,(H,44,45);6-7,9-10,17,19,21-23,26,28,30-32H,5,8,11H2,1-4H3,(H,27,29);2H,1H3/t31-,35+,37+,39-,41+,43+;17-,19+,21+,22-,23+,26-;/m10./s1. The van der Waals surface area contributed by atoms with Crippen LogP contribution in [0.5, 0.6) is 46.0 Å². The molecule has 4 aromatic rings. The number of amides is 2. The van der Waals surface area contributed by atoms with Gasteiger partial charge in [0.25, 0.3) is 0 Å². The zero-order valence-electron chi connectivity index (χ0n) is 58.2. The number of nitrogens with one attached hydrogen (secondary N) is 2. The Balaban J connectivity index is 0.000000319. The Kier molecular flexibility index (Phi) is 30.2. The summed E-state index contributed by atoms with van der Waals surface area (Å²) in [5.41, 5.74) is 10.3. The van der Waals surface area contributed by atoms with E-state index in [2.05, 4.69) is 15.5 Å². The largest absolute Gasteiger partial charge is 0.493 e. The third-order valence-corrected chi connectivity index (χ3v) is 15.7. The zero-order chi connectivity index (χ0) is 71.2. The summed E-state index contributed by atoms with van der Waals surface area (Å²) in [5.74, 6) is 2.98. The molecule has 4 aromatic carbocycles. The van der Waals surface area contributed by atoms with Crippen molar-refractivity contribution in [2.75, 3.05) is 63.0 Å². The molecule has 1 saturated carbocycles. The van der Waals surface area contributed by atoms with Crippen molar-refractivity contribution >= 4 is 11.8 Å². The van der Waals surface area contributed by atoms with E-state index in [1.165, 1.54) is 53.1 Å². The normalized spacial score (nSPS) is 22.7. The molecule has 4 aliphatic rings. The van der Waals surface area contributed by atoms with Gasteiger partial charge >= 0.3 is 0 Å². The first kappa shape index (κ1) is 77.9. The predicted octanol–water partition coefficient (Wildman–Crippen LogP) is 9.65. The van der Waals surface area contributed by atoms with E-state index in [0.717, 1.165) is 66.8 Å². The van der Waals surface area contributed by atoms with E-state index >= 15 is 0 Å². The SMILES string of the molecule is COO.COc1cc2c(c(OC)c1OC)-c1ccc(O[C@H]3C[C@H](COOC=C(C)C)[C@@H](OOC=C(C)C)[C@H](OOC=C(C)C)[C@H]3OOC=C(C)C)cc1[C@@H](NC(C)=O)CC2.COc1cc2c(c(OC)c1OC)-c1ccc(O[C@H]3O[C@H](CO)[C@@H](O)[C@H](O)[C@H]3O)cc1[C@@H](NC(C)=O)CC2. The maximum Gasteiger partial charge on any atom is 0.229 e. The zero-order valence-corrected chi connectivity index (χ0v) is 58.2. The first-order chi connectivity index (χ1) is 46.4. The predicted molar refractivity (Wildman–Crippen MR) is 352 cm³/mol. The molecule has 0 unspecified atom stereocenters. The molecule has 2 amide bonds. The Morgan fingerprint density at radius 3 is 1.36 bits per heavy atom. The highest BCUT2D eigenvalue weighted by Gasteiger charge is 2.53. The molecule has 0 bridgehead atoms. The van der Waals surface area contributed by atoms with Crippen LogP contribution in [0.25, 0.3) is 22.3 Å². The van der Waals surface area contributed by atoms with Crippen LogP contribution in [-0.4, -0.2) is 156 Å². The van der Waals surface area contributed by atoms with Crippen molar-refractivity contribution in [3.05, 3.63) is 118 Å². The molecule has 7 N–H and O–H groups in total. The lowest BCUT2D eigenvalue weighted by Crippen LogP contribution is -2.60. The minimum absolute atomic E-state index is 0.0627. The molecule has 3 aliphatic carbocycles. The van der Waals surface area contributed by atoms with Gasteiger partial charge < -0.3 is 93.2 Å². The van der Waals surface area contributed by atoms with Crippen molar-refractivity contribution in [3.8, 4) is 68.2 Å². The number of aryl methyl sites for hydroxylation is 2. The molecule has 0 spiro atoms. The number of hydrogen-bond acceptors (Lipinski definition) is 25. The molecule has 8 rings (SSSR count). The Labute approximate surface area is 566 Å². The van der Waals surface area contributed by atoms with Gasteiger partial charge in [0.15, 0.2) is 35.2 Å². The lowest BCUT2D eigenvalue weighted by Gasteiger charge is -2.42. The smallest absolute Gasteiger partial charge is 0.229 e. The molecule has 27 nitrogen and oxygen atoms in total. The number of hydrogen-bond donors (Lipinski definition) is 7. The Bertz CT molecular complexity index is 3350. The van der Waals surface area contributed by atoms with Crippen LogP contribution in [0, 0.1) is 5.92 Å². The number of fused-ring (bicyclic) bond motifs is 6. The van der Waals surface area contributed by atoms with Gasteiger partial charge in [0.1, 0.15) is 73.2 Å². The third kappa shape index (κ3) is 20.3. The van der Waals surface area contributed by atoms with Gasteiger partial charge in [-0.05, 0) is 180 Å². The van der Waals surface area contributed by atoms with E-state index in [-0.39, 0.29) is 30.5 Å². The van der Waals surface area contributed by atoms with E-state index in [9.17, 15) is 30.0 Å². The molecular weight excluding hydrogens is 1270 g/mol. The van der Waals surface area contributed by atoms with Gasteiger partial charge in [-0.15, -0.1) is 0 Å². The quantitative estimate of drug-likeness (QED) is 0.0133. The second-order valence-electron chi connectivity index (χ2n) is 24.2. The molecule has 1 heterocycles. The minimum Gasteiger partial charge on any atom is -0.493 e. The number of aliphatic hydroxyl groups is 4. The van der Waals surface area contributed by atoms with E-state index < -0.39 is 67.6 Å². The second-order valence-corrected chi connectivity index (χ2v) is 24.2. The molecule has 2 fully saturated rings. The monoisotopic (exact) mass is 1360 g/mol. The fourth-order valence-electron chi connectivity index (χ4n) is 11.5. The van der Waals surface area contributed by atoms with Crippen LogP contribution in [-0.2, 0) is 71.2 Å². The van der Waals surface area contributed by atoms with Crippen LogP contribution in [0.4, 0.5) is 0 Å². The average Bonchev–Trinajstić information content (AvgIpc) is 1.78. The maximum absolute atomic E-state index is 12.6. The summed E-state index contributed by atoms with van der Waals surface area (Å²) in [5, 5.41) is 53.2. The molecule has 1 aliphatic heterocycles. The highest BCUT2D eigenvalue weighted by atomic mass is 17.2. The fraction of sp³-hybridized carbons (Fsp3) is 0.514. The van der Waals surface area contributed by atoms with Crippen molar-refractivity contribution in [2.24, 2.45) is 5.92 Å². The summed E-state index contributed by atoms with van der Waals surface area (Å²) >= 11 is 0. The number of carbonyl (C=O) groups is 2. The lowest BCUT2D eigenvalue weighted by molar-refractivity contribution is -0.425. The van der Waals surface area contributed by atoms with E-state index in [1.54, 1.807) is 47.7 Å². The van der Waals surface area contributed by atoms with Crippen LogP contribution < -0.4 is 48.5 Å². The van der Waals surface area contributed by atoms with Gasteiger partial charge in [-0.3, -0.25) is 14.8 Å². The Morgan fingerprint density at radius 2 is 0.948 bits per heavy atom. The van der Waals surface area contributed by atoms with Gasteiger partial charge in [0.05, 0.1) is 75.1 Å². The van der Waals surface area contributed by atoms with Crippen LogP contribution in [0.3, 0.4) is 0 Å². The van der Waals surface area contributed by atoms with Crippen molar-refractivity contribution in [1.82, 2.24) is 10.6 Å². The van der Waals surface area contributed by atoms with Gasteiger partial charge in [-0.1, -0.05) is 12.1 Å². The number of benzene rings is 4. The van der Waals surface area contributed by atoms with E-state index in [1.807, 2.05) is 91.8 Å². The fourth-order valence-corrected chi connectivity index (χ4v) is 11.5. The summed E-state index contributed by atoms with van der Waals surface area (Å²) in [6, 6.07) is 14.1. The first-order valence-corrected chi connectivity index (χ1v) is 31.5. The number of methoxy groups -OCH3 is 6. The maximum atomic E-state index is 12.6. The summed E-state index contributed by atoms with van der Waals surface area (Å²) in [6.45, 7) is 17.5. The van der Waals surface area contributed by atoms with Crippen LogP contribution in [0.1, 0.15) is 123 Å². The van der Waals surface area contributed by atoms with E-state index in [0.29, 0.717) is 78.1 Å². The highest BCUT2D eigenvalue weighted by Crippen LogP contribution is 2.53. The summed E-state index contributed by atoms with van der Waals surface area (Å²) in [7, 11) is 10.6. The Hall–Kier alpha value is -8.06. The van der Waals surface area contributed by atoms with Gasteiger partial charge in [0, 0.05) is 30.9 Å². The average molecular weight is 1370 g/mol. The van der Waals surface area contributed by atoms with Crippen LogP contribution >= 0.6 is 0 Å². The topological polar surface area (TPSA) is 325 Å². The van der Waals surface area contributed by atoms with Crippen molar-refractivity contribution in [2.45, 2.75) is 169 Å². The third-order valence-electron chi connectivity index (χ3n) is 15.7. The van der Waals surface area contributed by atoms with Crippen LogP contribution in [0.2, 0.25) is 0 Å². The molecule has 0 aromatic heterocycles. The number of allylic oxidation sites excluding steroid dienone is 4. The van der Waals surface area contributed by atoms with Crippen LogP contribution in [0.15, 0.2) is 95.9 Å². The Morgan fingerprint density at radius 1 is 0.526 bits per heavy atom. The highest BCUT2D eigenvalue weighted by molar-refractivity contribution is 5.85. The molecular formula is C70H96N2O25. The number of ether oxygens (including phenoxy) is 9. The second kappa shape index (κ2) is 37.6. The molecule has 1 saturated heterocycles. The number of carbonyl (C=O) groups excluding carboxylic acids is 2. The summed E-state index contributed by atoms with van der Waals surface area (Å²) in [6.07, 6.45) is -1.88. The summed E-state index contributed by atoms with van der Waals surface area (Å²) in [4.78, 5) is 73.9. The molecule has 97 heavy (non-hydrogen) atoms. The van der Waals surface area contributed by atoms with Gasteiger partial charge in [-0.2, -0.15) is 19.6 Å². The van der Waals surface area contributed by atoms with Gasteiger partial charge in [0.2, 0.25) is 29.6 Å². The van der Waals surface area contributed by atoms with Crippen molar-refractivity contribution < 1.29 is 122 Å². The molecule has 536 valence electrons. The number of aliphatic hydroxyl groups excluding tert-OH is 4. The number of rotatable bonds is 26. The lowest BCUT2D eigenvalue weighted by atomic mass is 9.81. The molecule has 12 atom stereocenters. The van der Waals surface area contributed by atoms with Gasteiger partial charge in [-0.25, -0.2) is 4.89 Å². The summed E-state index contributed by atoms with van der Waals surface area (Å²) < 4.78 is 52.5. The van der Waals surface area contributed by atoms with Crippen molar-refractivity contribution in [1.29, 1.82) is 0 Å². The molecule has 27 heteroatoms. The first-order valence-electron chi connectivity index (χ1n) is 31.5. The minimum atomic E-state index is -1.57. The molecule has 0 radical (unpaired) electrons. The van der Waals surface area contributed by atoms with E-state index in [4.69, 9.17) is 87.0 Å². The van der Waals surface area contributed by atoms with Crippen molar-refractivity contribution in [3.63, 3.8) is 0 Å².